The van der Waals surface area contributed by atoms with Crippen molar-refractivity contribution >= 4 is 5.96 Å². The van der Waals surface area contributed by atoms with E-state index in [1.807, 2.05) is 6.92 Å². The highest BCUT2D eigenvalue weighted by Gasteiger charge is 2.29. The number of likely N-dealkylation sites (tertiary alicyclic amines) is 1. The van der Waals surface area contributed by atoms with Crippen molar-refractivity contribution in [3.05, 3.63) is 59.3 Å². The number of hydrogen-bond donors (Lipinski definition) is 2. The van der Waals surface area contributed by atoms with E-state index in [9.17, 15) is 13.2 Å². The van der Waals surface area contributed by atoms with E-state index in [0.717, 1.165) is 12.1 Å². The molecule has 0 atom stereocenters. The summed E-state index contributed by atoms with van der Waals surface area (Å²) in [6.45, 7) is 5.28. The van der Waals surface area contributed by atoms with E-state index in [2.05, 4.69) is 49.8 Å². The van der Waals surface area contributed by atoms with Gasteiger partial charge in [0.05, 0.1) is 6.54 Å². The van der Waals surface area contributed by atoms with E-state index in [1.54, 1.807) is 12.1 Å². The van der Waals surface area contributed by atoms with Crippen molar-refractivity contribution < 1.29 is 17.9 Å². The minimum atomic E-state index is -4.41. The number of guanidine groups is 1. The summed E-state index contributed by atoms with van der Waals surface area (Å²) in [5.74, 6) is 0.529. The third kappa shape index (κ3) is 8.03. The molecule has 1 aromatic heterocycles. The Morgan fingerprint density at radius 3 is 2.50 bits per heavy atom. The van der Waals surface area contributed by atoms with Crippen molar-refractivity contribution in [2.24, 2.45) is 4.99 Å². The number of hydrogen-bond acceptors (Lipinski definition) is 4. The quantitative estimate of drug-likeness (QED) is 0.450. The maximum Gasteiger partial charge on any atom is 0.422 e. The Balaban J connectivity index is 1.56. The van der Waals surface area contributed by atoms with Crippen molar-refractivity contribution in [3.63, 3.8) is 0 Å². The van der Waals surface area contributed by atoms with Gasteiger partial charge in [0.2, 0.25) is 5.88 Å². The van der Waals surface area contributed by atoms with Crippen molar-refractivity contribution in [2.45, 2.75) is 45.6 Å². The molecule has 2 heterocycles. The van der Waals surface area contributed by atoms with Gasteiger partial charge in [-0.15, -0.1) is 0 Å². The summed E-state index contributed by atoms with van der Waals surface area (Å²) in [5.41, 5.74) is 2.91. The normalized spacial score (nSPS) is 15.1. The largest absolute Gasteiger partial charge is 0.468 e. The van der Waals surface area contributed by atoms with E-state index >= 15 is 0 Å². The highest BCUT2D eigenvalue weighted by Crippen LogP contribution is 2.20. The Morgan fingerprint density at radius 1 is 1.09 bits per heavy atom. The van der Waals surface area contributed by atoms with E-state index in [-0.39, 0.29) is 12.4 Å². The van der Waals surface area contributed by atoms with Crippen LogP contribution in [0.4, 0.5) is 13.2 Å². The number of ether oxygens (including phenoxy) is 1. The number of rotatable bonds is 9. The molecule has 6 nitrogen and oxygen atoms in total. The minimum Gasteiger partial charge on any atom is -0.468 e. The third-order valence-corrected chi connectivity index (χ3v) is 5.06. The molecule has 0 spiro atoms. The van der Waals surface area contributed by atoms with Gasteiger partial charge < -0.3 is 15.4 Å². The van der Waals surface area contributed by atoms with E-state index in [4.69, 9.17) is 4.74 Å². The smallest absolute Gasteiger partial charge is 0.422 e. The molecule has 32 heavy (non-hydrogen) atoms. The Labute approximate surface area is 186 Å². The number of alkyl halides is 3. The van der Waals surface area contributed by atoms with Crippen LogP contribution in [0.15, 0.2) is 47.6 Å². The summed E-state index contributed by atoms with van der Waals surface area (Å²) in [7, 11) is 0. The van der Waals surface area contributed by atoms with Crippen LogP contribution in [-0.4, -0.2) is 48.3 Å². The van der Waals surface area contributed by atoms with Crippen LogP contribution < -0.4 is 15.4 Å². The molecule has 0 unspecified atom stereocenters. The number of benzene rings is 1. The second-order valence-electron chi connectivity index (χ2n) is 7.72. The Bertz CT molecular complexity index is 865. The minimum absolute atomic E-state index is 0.0400. The highest BCUT2D eigenvalue weighted by molar-refractivity contribution is 5.79. The summed E-state index contributed by atoms with van der Waals surface area (Å²) in [5, 5.41) is 6.28. The molecule has 0 amide bonds. The molecule has 1 saturated heterocycles. The zero-order valence-corrected chi connectivity index (χ0v) is 18.3. The zero-order chi connectivity index (χ0) is 22.8. The number of nitrogens with one attached hydrogen (secondary N) is 2. The molecular formula is C23H30F3N5O. The molecule has 1 aliphatic heterocycles. The molecule has 0 radical (unpaired) electrons. The van der Waals surface area contributed by atoms with Crippen LogP contribution in [0.3, 0.4) is 0 Å². The van der Waals surface area contributed by atoms with Gasteiger partial charge in [0.1, 0.15) is 0 Å². The molecule has 0 bridgehead atoms. The number of nitrogens with zero attached hydrogens (tertiary/aromatic N) is 3. The average Bonchev–Trinajstić information content (AvgIpc) is 3.28. The first kappa shape index (κ1) is 23.8. The van der Waals surface area contributed by atoms with Gasteiger partial charge in [-0.3, -0.25) is 4.90 Å². The van der Waals surface area contributed by atoms with Gasteiger partial charge in [-0.2, -0.15) is 13.2 Å². The fourth-order valence-corrected chi connectivity index (χ4v) is 3.48. The van der Waals surface area contributed by atoms with Crippen molar-refractivity contribution in [1.29, 1.82) is 0 Å². The molecule has 0 saturated carbocycles. The SMILES string of the molecule is CCNC(=NCc1ccc(CN2CCCC2)cc1)NCc1cccnc1OCC(F)(F)F. The van der Waals surface area contributed by atoms with Gasteiger partial charge in [-0.1, -0.05) is 30.3 Å². The fraction of sp³-hybridized carbons (Fsp3) is 0.478. The van der Waals surface area contributed by atoms with Crippen LogP contribution in [0, 0.1) is 0 Å². The van der Waals surface area contributed by atoms with Crippen molar-refractivity contribution in [1.82, 2.24) is 20.5 Å². The predicted octanol–water partition coefficient (Wildman–Crippen LogP) is 3.87. The third-order valence-electron chi connectivity index (χ3n) is 5.06. The van der Waals surface area contributed by atoms with Crippen LogP contribution in [0.2, 0.25) is 0 Å². The van der Waals surface area contributed by atoms with E-state index < -0.39 is 12.8 Å². The second-order valence-corrected chi connectivity index (χ2v) is 7.72. The topological polar surface area (TPSA) is 61.8 Å². The average molecular weight is 450 g/mol. The van der Waals surface area contributed by atoms with Crippen LogP contribution in [0.1, 0.15) is 36.5 Å². The van der Waals surface area contributed by atoms with Crippen molar-refractivity contribution in [3.8, 4) is 5.88 Å². The first-order valence-electron chi connectivity index (χ1n) is 10.9. The summed E-state index contributed by atoms with van der Waals surface area (Å²) < 4.78 is 42.3. The van der Waals surface area contributed by atoms with Gasteiger partial charge in [0.15, 0.2) is 12.6 Å². The number of pyridine rings is 1. The molecule has 2 aromatic rings. The first-order chi connectivity index (χ1) is 15.4. The lowest BCUT2D eigenvalue weighted by atomic mass is 10.1. The maximum atomic E-state index is 12.5. The molecular weight excluding hydrogens is 419 g/mol. The number of halogens is 3. The molecule has 174 valence electrons. The van der Waals surface area contributed by atoms with E-state index in [0.29, 0.717) is 24.6 Å². The summed E-state index contributed by atoms with van der Waals surface area (Å²) in [6.07, 6.45) is -0.450. The number of aromatic nitrogens is 1. The van der Waals surface area contributed by atoms with Gasteiger partial charge in [0, 0.05) is 31.4 Å². The molecule has 1 aliphatic rings. The van der Waals surface area contributed by atoms with Gasteiger partial charge in [-0.25, -0.2) is 9.98 Å². The molecule has 2 N–H and O–H groups in total. The summed E-state index contributed by atoms with van der Waals surface area (Å²) in [4.78, 5) is 11.0. The predicted molar refractivity (Wildman–Crippen MR) is 118 cm³/mol. The van der Waals surface area contributed by atoms with E-state index in [1.165, 1.54) is 37.7 Å². The second kappa shape index (κ2) is 11.7. The highest BCUT2D eigenvalue weighted by atomic mass is 19.4. The molecule has 0 aliphatic carbocycles. The number of aliphatic imine (C=N–C) groups is 1. The Morgan fingerprint density at radius 2 is 1.81 bits per heavy atom. The van der Waals surface area contributed by atoms with Crippen LogP contribution in [-0.2, 0) is 19.6 Å². The molecule has 1 aromatic carbocycles. The Kier molecular flexibility index (Phi) is 8.72. The van der Waals surface area contributed by atoms with Crippen molar-refractivity contribution in [2.75, 3.05) is 26.2 Å². The van der Waals surface area contributed by atoms with Crippen LogP contribution in [0.25, 0.3) is 0 Å². The van der Waals surface area contributed by atoms with Crippen LogP contribution in [0.5, 0.6) is 5.88 Å². The monoisotopic (exact) mass is 449 g/mol. The standard InChI is InChI=1S/C23H30F3N5O/c1-2-27-22(30-15-20-6-5-11-28-21(20)32-17-23(24,25)26)29-14-18-7-9-19(10-8-18)16-31-12-3-4-13-31/h5-11H,2-4,12-17H2,1H3,(H2,27,29,30). The fourth-order valence-electron chi connectivity index (χ4n) is 3.48. The molecule has 1 fully saturated rings. The summed E-state index contributed by atoms with van der Waals surface area (Å²) in [6, 6.07) is 11.8. The first-order valence-corrected chi connectivity index (χ1v) is 10.9. The lowest BCUT2D eigenvalue weighted by Gasteiger charge is -2.15. The summed E-state index contributed by atoms with van der Waals surface area (Å²) >= 11 is 0. The lowest BCUT2D eigenvalue weighted by molar-refractivity contribution is -0.154. The van der Waals surface area contributed by atoms with Gasteiger partial charge >= 0.3 is 6.18 Å². The molecule has 3 rings (SSSR count). The van der Waals surface area contributed by atoms with Gasteiger partial charge in [-0.05, 0) is 50.0 Å². The molecule has 9 heteroatoms. The van der Waals surface area contributed by atoms with Crippen LogP contribution >= 0.6 is 0 Å². The zero-order valence-electron chi connectivity index (χ0n) is 18.3. The maximum absolute atomic E-state index is 12.5. The van der Waals surface area contributed by atoms with Gasteiger partial charge in [0.25, 0.3) is 0 Å². The Hall–Kier alpha value is -2.81. The lowest BCUT2D eigenvalue weighted by Crippen LogP contribution is -2.37.